The molecule has 0 saturated carbocycles. The van der Waals surface area contributed by atoms with Crippen LogP contribution in [-0.4, -0.2) is 10.9 Å². The van der Waals surface area contributed by atoms with Gasteiger partial charge in [-0.2, -0.15) is 0 Å². The molecule has 0 atom stereocenters. The Bertz CT molecular complexity index is 110. The molecule has 0 saturated heterocycles. The molecule has 0 aliphatic rings. The van der Waals surface area contributed by atoms with Crippen LogP contribution in [0, 0.1) is 0 Å². The molecule has 10 heavy (non-hydrogen) atoms. The van der Waals surface area contributed by atoms with E-state index in [0.29, 0.717) is 12.2 Å². The number of carbonyl (C=O) groups is 1. The molecule has 0 aromatic rings. The normalized spacial score (nSPS) is 9.80. The van der Waals surface area contributed by atoms with Gasteiger partial charge in [-0.15, -0.1) is 0 Å². The Balaban J connectivity index is 0. The van der Waals surface area contributed by atoms with Gasteiger partial charge in [0.15, 0.2) is 0 Å². The molecule has 0 bridgehead atoms. The summed E-state index contributed by atoms with van der Waals surface area (Å²) < 4.78 is 0. The Labute approximate surface area is 62.6 Å². The van der Waals surface area contributed by atoms with Crippen LogP contribution in [0.4, 0.5) is 0 Å². The number of Topliss-reactive ketones (excluding diaryl/α,β-unsaturated/α-hetero) is 1. The monoisotopic (exact) mass is 144 g/mol. The van der Waals surface area contributed by atoms with Crippen LogP contribution in [0.2, 0.25) is 0 Å². The van der Waals surface area contributed by atoms with E-state index in [2.05, 4.69) is 0 Å². The lowest BCUT2D eigenvalue weighted by Crippen LogP contribution is -1.80. The van der Waals surface area contributed by atoms with Gasteiger partial charge in [0.1, 0.15) is 5.78 Å². The molecule has 60 valence electrons. The van der Waals surface area contributed by atoms with Crippen LogP contribution in [0.5, 0.6) is 0 Å². The van der Waals surface area contributed by atoms with Gasteiger partial charge in [0, 0.05) is 6.42 Å². The molecule has 0 aliphatic carbocycles. The minimum atomic E-state index is 0.255. The third-order valence-electron chi connectivity index (χ3n) is 0.916. The second kappa shape index (κ2) is 8.21. The summed E-state index contributed by atoms with van der Waals surface area (Å²) in [5, 5.41) is 8.22. The Morgan fingerprint density at radius 1 is 1.50 bits per heavy atom. The van der Waals surface area contributed by atoms with Crippen LogP contribution in [0.1, 0.15) is 34.1 Å². The average molecular weight is 144 g/mol. The number of aliphatic hydroxyl groups excluding tert-OH is 1. The fourth-order valence-electron chi connectivity index (χ4n) is 0. The first-order valence-electron chi connectivity index (χ1n) is 3.35. The van der Waals surface area contributed by atoms with Crippen LogP contribution < -0.4 is 0 Å². The molecule has 0 fully saturated rings. The zero-order chi connectivity index (χ0) is 8.57. The number of hydrogen-bond acceptors (Lipinski definition) is 2. The van der Waals surface area contributed by atoms with Crippen molar-refractivity contribution < 1.29 is 9.90 Å². The highest BCUT2D eigenvalue weighted by Gasteiger charge is 1.76. The van der Waals surface area contributed by atoms with Crippen molar-refractivity contribution in [2.24, 2.45) is 0 Å². The minimum absolute atomic E-state index is 0.255. The minimum Gasteiger partial charge on any atom is -0.513 e. The van der Waals surface area contributed by atoms with E-state index in [0.717, 1.165) is 0 Å². The quantitative estimate of drug-likeness (QED) is 0.574. The Morgan fingerprint density at radius 2 is 1.70 bits per heavy atom. The molecular weight excluding hydrogens is 128 g/mol. The van der Waals surface area contributed by atoms with E-state index in [1.54, 1.807) is 26.8 Å². The molecular formula is C8H16O2. The van der Waals surface area contributed by atoms with Crippen molar-refractivity contribution in [3.63, 3.8) is 0 Å². The van der Waals surface area contributed by atoms with Crippen molar-refractivity contribution in [3.05, 3.63) is 11.8 Å². The van der Waals surface area contributed by atoms with Crippen LogP contribution in [0.25, 0.3) is 0 Å². The summed E-state index contributed by atoms with van der Waals surface area (Å²) in [4.78, 5) is 9.81. The summed E-state index contributed by atoms with van der Waals surface area (Å²) >= 11 is 0. The Hall–Kier alpha value is -0.790. The number of carbonyl (C=O) groups excluding carboxylic acids is 1. The van der Waals surface area contributed by atoms with Crippen molar-refractivity contribution in [2.75, 3.05) is 0 Å². The predicted molar refractivity (Wildman–Crippen MR) is 43.0 cm³/mol. The van der Waals surface area contributed by atoms with Gasteiger partial charge in [-0.3, -0.25) is 0 Å². The summed E-state index contributed by atoms with van der Waals surface area (Å²) in [5.74, 6) is 0.634. The third-order valence-corrected chi connectivity index (χ3v) is 0.916. The van der Waals surface area contributed by atoms with Crippen molar-refractivity contribution in [1.82, 2.24) is 0 Å². The van der Waals surface area contributed by atoms with Crippen molar-refractivity contribution >= 4 is 5.78 Å². The molecule has 0 amide bonds. The number of rotatable bonds is 1. The Morgan fingerprint density at radius 3 is 1.70 bits per heavy atom. The first-order chi connectivity index (χ1) is 4.54. The highest BCUT2D eigenvalue weighted by molar-refractivity contribution is 5.74. The van der Waals surface area contributed by atoms with Gasteiger partial charge in [0.2, 0.25) is 0 Å². The van der Waals surface area contributed by atoms with E-state index in [1.807, 2.05) is 6.92 Å². The van der Waals surface area contributed by atoms with Gasteiger partial charge in [-0.25, -0.2) is 0 Å². The van der Waals surface area contributed by atoms with Crippen molar-refractivity contribution in [2.45, 2.75) is 34.1 Å². The maximum atomic E-state index is 9.81. The van der Waals surface area contributed by atoms with Gasteiger partial charge >= 0.3 is 0 Å². The fourth-order valence-corrected chi connectivity index (χ4v) is 0. The second-order valence-corrected chi connectivity index (χ2v) is 1.99. The summed E-state index contributed by atoms with van der Waals surface area (Å²) in [6, 6.07) is 0. The number of allylic oxidation sites excluding steroid dienone is 2. The largest absolute Gasteiger partial charge is 0.513 e. The van der Waals surface area contributed by atoms with Crippen LogP contribution in [0.15, 0.2) is 11.8 Å². The third kappa shape index (κ3) is 27.0. The van der Waals surface area contributed by atoms with Crippen molar-refractivity contribution in [3.8, 4) is 0 Å². The maximum absolute atomic E-state index is 9.81. The summed E-state index contributed by atoms with van der Waals surface area (Å²) in [5.41, 5.74) is 0. The lowest BCUT2D eigenvalue weighted by molar-refractivity contribution is -0.116. The van der Waals surface area contributed by atoms with Gasteiger partial charge in [0.05, 0.1) is 5.76 Å². The molecule has 0 aromatic carbocycles. The zero-order valence-electron chi connectivity index (χ0n) is 7.14. The summed E-state index contributed by atoms with van der Waals surface area (Å²) in [7, 11) is 0. The topological polar surface area (TPSA) is 37.3 Å². The zero-order valence-corrected chi connectivity index (χ0v) is 7.14. The molecule has 2 heteroatoms. The SMILES string of the molecule is C/C=C(/C)O.CCC(C)=O. The van der Waals surface area contributed by atoms with E-state index in [-0.39, 0.29) is 5.78 Å². The van der Waals surface area contributed by atoms with E-state index in [4.69, 9.17) is 5.11 Å². The highest BCUT2D eigenvalue weighted by Crippen LogP contribution is 1.77. The van der Waals surface area contributed by atoms with Gasteiger partial charge < -0.3 is 9.90 Å². The molecule has 0 unspecified atom stereocenters. The average Bonchev–Trinajstić information content (AvgIpc) is 1.89. The van der Waals surface area contributed by atoms with Gasteiger partial charge in [-0.05, 0) is 20.8 Å². The number of hydrogen-bond donors (Lipinski definition) is 1. The standard InChI is InChI=1S/2C4H8O/c2*1-3-4(2)5/h3H2,1-2H3;3,5H,1-2H3/b;4-3-. The van der Waals surface area contributed by atoms with E-state index < -0.39 is 0 Å². The fraction of sp³-hybridized carbons (Fsp3) is 0.625. The maximum Gasteiger partial charge on any atom is 0.129 e. The van der Waals surface area contributed by atoms with E-state index in [1.165, 1.54) is 0 Å². The molecule has 2 nitrogen and oxygen atoms in total. The van der Waals surface area contributed by atoms with Gasteiger partial charge in [0.25, 0.3) is 0 Å². The first-order valence-corrected chi connectivity index (χ1v) is 3.35. The van der Waals surface area contributed by atoms with Crippen LogP contribution in [0.3, 0.4) is 0 Å². The second-order valence-electron chi connectivity index (χ2n) is 1.99. The first kappa shape index (κ1) is 11.9. The van der Waals surface area contributed by atoms with E-state index in [9.17, 15) is 4.79 Å². The number of aliphatic hydroxyl groups is 1. The Kier molecular flexibility index (Phi) is 9.80. The van der Waals surface area contributed by atoms with E-state index >= 15 is 0 Å². The summed E-state index contributed by atoms with van der Waals surface area (Å²) in [6.07, 6.45) is 2.31. The predicted octanol–water partition coefficient (Wildman–Crippen LogP) is 2.45. The van der Waals surface area contributed by atoms with Crippen molar-refractivity contribution in [1.29, 1.82) is 0 Å². The molecule has 0 spiro atoms. The van der Waals surface area contributed by atoms with Crippen LogP contribution >= 0.6 is 0 Å². The lowest BCUT2D eigenvalue weighted by atomic mass is 10.4. The molecule has 0 rings (SSSR count). The van der Waals surface area contributed by atoms with Gasteiger partial charge in [-0.1, -0.05) is 13.0 Å². The highest BCUT2D eigenvalue weighted by atomic mass is 16.3. The molecule has 1 N–H and O–H groups in total. The molecule has 0 radical (unpaired) electrons. The van der Waals surface area contributed by atoms with Crippen LogP contribution in [-0.2, 0) is 4.79 Å². The molecule has 0 aliphatic heterocycles. The molecule has 0 heterocycles. The lowest BCUT2D eigenvalue weighted by Gasteiger charge is -1.75. The summed E-state index contributed by atoms with van der Waals surface area (Å²) in [6.45, 7) is 6.86. The smallest absolute Gasteiger partial charge is 0.129 e. The number of ketones is 1. The molecule has 0 aromatic heterocycles.